The van der Waals surface area contributed by atoms with Crippen LogP contribution in [0.5, 0.6) is 5.88 Å². The van der Waals surface area contributed by atoms with E-state index in [9.17, 15) is 9.90 Å². The molecule has 6 rings (SSSR count). The van der Waals surface area contributed by atoms with Gasteiger partial charge in [-0.3, -0.25) is 0 Å². The SMILES string of the molecule is CCOc1nc(N2CCNCC2)nc2c1sc1nc(-c3ccc(-c4ccc(C(=O)[O-])cc4)cc3)nc(C)c12.[Na+]. The number of aromatic nitrogens is 4. The van der Waals surface area contributed by atoms with Gasteiger partial charge >= 0.3 is 29.6 Å². The van der Waals surface area contributed by atoms with Crippen molar-refractivity contribution in [3.63, 3.8) is 0 Å². The van der Waals surface area contributed by atoms with E-state index in [0.29, 0.717) is 24.3 Å². The summed E-state index contributed by atoms with van der Waals surface area (Å²) in [4.78, 5) is 33.5. The Morgan fingerprint density at radius 2 is 1.62 bits per heavy atom. The third-order valence-corrected chi connectivity index (χ3v) is 7.65. The average Bonchev–Trinajstić information content (AvgIpc) is 3.33. The molecular formula is C28H25N6NaO3S. The minimum Gasteiger partial charge on any atom is -0.545 e. The van der Waals surface area contributed by atoms with E-state index < -0.39 is 5.97 Å². The second kappa shape index (κ2) is 11.5. The van der Waals surface area contributed by atoms with Gasteiger partial charge in [-0.2, -0.15) is 4.98 Å². The zero-order valence-electron chi connectivity index (χ0n) is 22.0. The van der Waals surface area contributed by atoms with Gasteiger partial charge in [-0.1, -0.05) is 48.5 Å². The number of nitrogens with zero attached hydrogens (tertiary/aromatic N) is 5. The summed E-state index contributed by atoms with van der Waals surface area (Å²) in [5, 5.41) is 15.3. The van der Waals surface area contributed by atoms with E-state index in [1.807, 2.05) is 38.1 Å². The Labute approximate surface area is 251 Å². The maximum atomic E-state index is 11.0. The van der Waals surface area contributed by atoms with Gasteiger partial charge in [0.25, 0.3) is 0 Å². The minimum absolute atomic E-state index is 0. The molecule has 0 aliphatic carbocycles. The molecule has 39 heavy (non-hydrogen) atoms. The zero-order chi connectivity index (χ0) is 26.2. The van der Waals surface area contributed by atoms with E-state index in [0.717, 1.165) is 69.0 Å². The first-order chi connectivity index (χ1) is 18.5. The molecule has 0 unspecified atom stereocenters. The van der Waals surface area contributed by atoms with Crippen LogP contribution in [0.3, 0.4) is 0 Å². The van der Waals surface area contributed by atoms with Gasteiger partial charge < -0.3 is 24.9 Å². The van der Waals surface area contributed by atoms with Crippen LogP contribution in [-0.4, -0.2) is 58.7 Å². The fourth-order valence-electron chi connectivity index (χ4n) is 4.65. The number of carbonyl (C=O) groups excluding carboxylic acids is 1. The fourth-order valence-corrected chi connectivity index (χ4v) is 5.76. The van der Waals surface area contributed by atoms with Gasteiger partial charge in [0.1, 0.15) is 15.0 Å². The first-order valence-corrected chi connectivity index (χ1v) is 13.3. The van der Waals surface area contributed by atoms with E-state index in [1.54, 1.807) is 24.3 Å². The van der Waals surface area contributed by atoms with Crippen LogP contribution in [-0.2, 0) is 0 Å². The second-order valence-electron chi connectivity index (χ2n) is 9.03. The number of thiophene rings is 1. The van der Waals surface area contributed by atoms with Crippen molar-refractivity contribution in [1.29, 1.82) is 0 Å². The molecule has 1 aliphatic heterocycles. The summed E-state index contributed by atoms with van der Waals surface area (Å²) in [6, 6.07) is 14.6. The molecule has 0 spiro atoms. The van der Waals surface area contributed by atoms with Crippen molar-refractivity contribution in [1.82, 2.24) is 25.3 Å². The summed E-state index contributed by atoms with van der Waals surface area (Å²) in [5.74, 6) is 0.710. The van der Waals surface area contributed by atoms with Gasteiger partial charge in [-0.05, 0) is 30.5 Å². The molecule has 0 bridgehead atoms. The Bertz CT molecular complexity index is 1650. The number of aromatic carboxylic acids is 1. The van der Waals surface area contributed by atoms with Gasteiger partial charge in [-0.15, -0.1) is 11.3 Å². The summed E-state index contributed by atoms with van der Waals surface area (Å²) in [5.41, 5.74) is 4.61. The van der Waals surface area contributed by atoms with Crippen molar-refractivity contribution in [3.05, 3.63) is 59.8 Å². The first kappa shape index (κ1) is 27.4. The smallest absolute Gasteiger partial charge is 0.545 e. The van der Waals surface area contributed by atoms with Crippen LogP contribution in [0.15, 0.2) is 48.5 Å². The van der Waals surface area contributed by atoms with Gasteiger partial charge in [0.05, 0.1) is 23.7 Å². The van der Waals surface area contributed by atoms with Crippen molar-refractivity contribution in [2.45, 2.75) is 13.8 Å². The predicted octanol–water partition coefficient (Wildman–Crippen LogP) is 0.453. The van der Waals surface area contributed by atoms with Crippen LogP contribution in [0.2, 0.25) is 0 Å². The predicted molar refractivity (Wildman–Crippen MR) is 147 cm³/mol. The van der Waals surface area contributed by atoms with Crippen LogP contribution in [0.25, 0.3) is 42.9 Å². The number of nitrogens with one attached hydrogen (secondary N) is 1. The van der Waals surface area contributed by atoms with E-state index >= 15 is 0 Å². The third kappa shape index (κ3) is 5.35. The second-order valence-corrected chi connectivity index (χ2v) is 10.0. The number of hydrogen-bond donors (Lipinski definition) is 1. The fraction of sp³-hybridized carbons (Fsp3) is 0.250. The number of benzene rings is 2. The van der Waals surface area contributed by atoms with Crippen molar-refractivity contribution < 1.29 is 44.2 Å². The van der Waals surface area contributed by atoms with Crippen LogP contribution in [0.1, 0.15) is 23.0 Å². The minimum atomic E-state index is -1.18. The molecule has 0 saturated carbocycles. The maximum absolute atomic E-state index is 11.0. The molecule has 1 N–H and O–H groups in total. The van der Waals surface area contributed by atoms with Crippen LogP contribution in [0.4, 0.5) is 5.95 Å². The van der Waals surface area contributed by atoms with E-state index in [2.05, 4.69) is 10.2 Å². The largest absolute Gasteiger partial charge is 1.00 e. The molecule has 1 saturated heterocycles. The molecule has 0 amide bonds. The van der Waals surface area contributed by atoms with Crippen molar-refractivity contribution in [2.24, 2.45) is 0 Å². The number of piperazine rings is 1. The number of hydrogen-bond acceptors (Lipinski definition) is 10. The quantitative estimate of drug-likeness (QED) is 0.302. The van der Waals surface area contributed by atoms with Crippen LogP contribution >= 0.6 is 11.3 Å². The maximum Gasteiger partial charge on any atom is 1.00 e. The topological polar surface area (TPSA) is 116 Å². The Hall–Kier alpha value is -3.15. The number of rotatable bonds is 6. The molecule has 11 heteroatoms. The molecule has 1 fully saturated rings. The molecule has 3 aromatic heterocycles. The number of anilines is 1. The molecule has 4 heterocycles. The molecule has 0 radical (unpaired) electrons. The van der Waals surface area contributed by atoms with Crippen LogP contribution in [0, 0.1) is 6.92 Å². The van der Waals surface area contributed by atoms with Gasteiger partial charge in [0.15, 0.2) is 5.82 Å². The average molecular weight is 549 g/mol. The summed E-state index contributed by atoms with van der Waals surface area (Å²) in [6.45, 7) is 7.93. The zero-order valence-corrected chi connectivity index (χ0v) is 24.8. The molecule has 1 aliphatic rings. The van der Waals surface area contributed by atoms with Crippen molar-refractivity contribution >= 4 is 43.7 Å². The molecular weight excluding hydrogens is 523 g/mol. The number of aryl methyl sites for hydroxylation is 1. The molecule has 192 valence electrons. The Balaban J connectivity index is 0.00000308. The standard InChI is InChI=1S/C28H26N6O3S.Na/c1-3-37-25-23-22(31-28(33-25)34-14-12-29-13-15-34)21-16(2)30-24(32-26(21)38-23)19-8-4-17(5-9-19)18-6-10-20(11-7-18)27(35)36;/h4-11,29H,3,12-15H2,1-2H3,(H,35,36);/q;+1/p-1. The number of ether oxygens (including phenoxy) is 1. The summed E-state index contributed by atoms with van der Waals surface area (Å²) in [6.07, 6.45) is 0. The number of carbonyl (C=O) groups is 1. The van der Waals surface area contributed by atoms with Crippen molar-refractivity contribution in [2.75, 3.05) is 37.7 Å². The Morgan fingerprint density at radius 3 is 2.26 bits per heavy atom. The number of fused-ring (bicyclic) bond motifs is 3. The molecule has 2 aromatic carbocycles. The normalized spacial score (nSPS) is 13.4. The van der Waals surface area contributed by atoms with Gasteiger partial charge in [-0.25, -0.2) is 15.0 Å². The first-order valence-electron chi connectivity index (χ1n) is 12.5. The van der Waals surface area contributed by atoms with Crippen molar-refractivity contribution in [3.8, 4) is 28.4 Å². The third-order valence-electron chi connectivity index (χ3n) is 6.59. The Kier molecular flexibility index (Phi) is 8.11. The molecule has 5 aromatic rings. The molecule has 9 nitrogen and oxygen atoms in total. The van der Waals surface area contributed by atoms with Gasteiger partial charge in [0, 0.05) is 31.7 Å². The monoisotopic (exact) mass is 548 g/mol. The van der Waals surface area contributed by atoms with E-state index in [1.165, 1.54) is 11.3 Å². The summed E-state index contributed by atoms with van der Waals surface area (Å²) < 4.78 is 6.82. The Morgan fingerprint density at radius 1 is 0.974 bits per heavy atom. The number of carboxylic acid groups (broad SMARTS) is 1. The summed E-state index contributed by atoms with van der Waals surface area (Å²) >= 11 is 1.53. The summed E-state index contributed by atoms with van der Waals surface area (Å²) in [7, 11) is 0. The van der Waals surface area contributed by atoms with Gasteiger partial charge in [0.2, 0.25) is 11.8 Å². The number of carboxylic acids is 1. The van der Waals surface area contributed by atoms with E-state index in [4.69, 9.17) is 24.7 Å². The van der Waals surface area contributed by atoms with E-state index in [-0.39, 0.29) is 35.1 Å². The van der Waals surface area contributed by atoms with Crippen LogP contribution < -0.4 is 49.6 Å². The molecule has 0 atom stereocenters.